The van der Waals surface area contributed by atoms with Crippen LogP contribution in [0.3, 0.4) is 0 Å². The molecule has 0 aliphatic carbocycles. The van der Waals surface area contributed by atoms with Crippen molar-refractivity contribution in [3.05, 3.63) is 28.5 Å². The Kier molecular flexibility index (Phi) is 3.30. The fourth-order valence-electron chi connectivity index (χ4n) is 0.663. The van der Waals surface area contributed by atoms with Crippen molar-refractivity contribution in [2.75, 3.05) is 5.88 Å². The molecule has 0 aliphatic rings. The Bertz CT molecular complexity index is 226. The van der Waals surface area contributed by atoms with E-state index in [1.165, 1.54) is 0 Å². The quantitative estimate of drug-likeness (QED) is 0.798. The highest BCUT2D eigenvalue weighted by molar-refractivity contribution is 9.10. The molecule has 11 heavy (non-hydrogen) atoms. The fourth-order valence-corrected chi connectivity index (χ4v) is 1.06. The molecule has 1 atom stereocenters. The monoisotopic (exact) mass is 235 g/mol. The minimum Gasteiger partial charge on any atom is -0.386 e. The number of nitrogens with zero attached hydrogens (tertiary/aromatic N) is 1. The third-order valence-corrected chi connectivity index (χ3v) is 2.00. The molecule has 2 nitrogen and oxygen atoms in total. The van der Waals surface area contributed by atoms with E-state index in [-0.39, 0.29) is 5.88 Å². The molecule has 0 aromatic carbocycles. The van der Waals surface area contributed by atoms with Crippen LogP contribution >= 0.6 is 27.5 Å². The Hall–Kier alpha value is -0.120. The maximum atomic E-state index is 9.21. The van der Waals surface area contributed by atoms with Crippen molar-refractivity contribution in [2.45, 2.75) is 6.10 Å². The molecule has 1 unspecified atom stereocenters. The summed E-state index contributed by atoms with van der Waals surface area (Å²) in [6.07, 6.45) is 0.968. The average molecular weight is 236 g/mol. The molecule has 0 fully saturated rings. The zero-order valence-corrected chi connectivity index (χ0v) is 8.01. The molecule has 4 heteroatoms. The molecule has 1 rings (SSSR count). The van der Waals surface area contributed by atoms with Crippen LogP contribution in [-0.4, -0.2) is 16.0 Å². The fraction of sp³-hybridized carbons (Fsp3) is 0.286. The van der Waals surface area contributed by atoms with Gasteiger partial charge in [-0.1, -0.05) is 0 Å². The van der Waals surface area contributed by atoms with Crippen LogP contribution in [0.5, 0.6) is 0 Å². The van der Waals surface area contributed by atoms with Gasteiger partial charge in [0.15, 0.2) is 0 Å². The van der Waals surface area contributed by atoms with E-state index < -0.39 is 6.10 Å². The summed E-state index contributed by atoms with van der Waals surface area (Å²) in [6, 6.07) is 3.55. The second-order valence-electron chi connectivity index (χ2n) is 2.07. The zero-order valence-electron chi connectivity index (χ0n) is 5.67. The number of rotatable bonds is 2. The minimum absolute atomic E-state index is 0.175. The van der Waals surface area contributed by atoms with Crippen LogP contribution in [0.15, 0.2) is 22.8 Å². The maximum Gasteiger partial charge on any atom is 0.109 e. The third-order valence-electron chi connectivity index (χ3n) is 1.24. The average Bonchev–Trinajstić information content (AvgIpc) is 2.05. The molecule has 0 spiro atoms. The summed E-state index contributed by atoms with van der Waals surface area (Å²) < 4.78 is 0.892. The summed E-state index contributed by atoms with van der Waals surface area (Å²) in [6.45, 7) is 0. The van der Waals surface area contributed by atoms with Crippen molar-refractivity contribution in [3.8, 4) is 0 Å². The van der Waals surface area contributed by atoms with E-state index in [0.29, 0.717) is 5.69 Å². The number of aliphatic hydroxyl groups is 1. The predicted octanol–water partition coefficient (Wildman–Crippen LogP) is 2.12. The molecule has 0 saturated carbocycles. The normalized spacial score (nSPS) is 13.0. The molecule has 0 bridgehead atoms. The van der Waals surface area contributed by atoms with Gasteiger partial charge < -0.3 is 5.11 Å². The molecular formula is C7H7BrClNO. The van der Waals surface area contributed by atoms with Gasteiger partial charge in [-0.15, -0.1) is 11.6 Å². The molecule has 60 valence electrons. The second kappa shape index (κ2) is 4.04. The van der Waals surface area contributed by atoms with Gasteiger partial charge in [0, 0.05) is 10.7 Å². The molecule has 0 radical (unpaired) electrons. The largest absolute Gasteiger partial charge is 0.386 e. The lowest BCUT2D eigenvalue weighted by Crippen LogP contribution is -2.00. The van der Waals surface area contributed by atoms with Crippen LogP contribution in [0.4, 0.5) is 0 Å². The lowest BCUT2D eigenvalue weighted by atomic mass is 10.2. The number of hydrogen-bond donors (Lipinski definition) is 1. The van der Waals surface area contributed by atoms with Crippen molar-refractivity contribution in [3.63, 3.8) is 0 Å². The van der Waals surface area contributed by atoms with Crippen LogP contribution < -0.4 is 0 Å². The molecule has 0 amide bonds. The molecule has 0 saturated heterocycles. The first kappa shape index (κ1) is 8.97. The highest BCUT2D eigenvalue weighted by Crippen LogP contribution is 2.14. The van der Waals surface area contributed by atoms with Crippen LogP contribution in [0.2, 0.25) is 0 Å². The Morgan fingerprint density at radius 3 is 2.82 bits per heavy atom. The van der Waals surface area contributed by atoms with Gasteiger partial charge in [0.05, 0.1) is 11.6 Å². The van der Waals surface area contributed by atoms with Crippen LogP contribution in [-0.2, 0) is 0 Å². The first-order chi connectivity index (χ1) is 5.24. The van der Waals surface area contributed by atoms with Gasteiger partial charge in [-0.2, -0.15) is 0 Å². The molecule has 1 aromatic heterocycles. The summed E-state index contributed by atoms with van der Waals surface area (Å²) in [7, 11) is 0. The van der Waals surface area contributed by atoms with Gasteiger partial charge in [-0.05, 0) is 28.1 Å². The first-order valence-electron chi connectivity index (χ1n) is 3.09. The van der Waals surface area contributed by atoms with E-state index in [1.54, 1.807) is 12.3 Å². The number of aromatic nitrogens is 1. The Balaban J connectivity index is 2.81. The van der Waals surface area contributed by atoms with Crippen molar-refractivity contribution < 1.29 is 5.11 Å². The smallest absolute Gasteiger partial charge is 0.109 e. The van der Waals surface area contributed by atoms with E-state index in [4.69, 9.17) is 11.6 Å². The maximum absolute atomic E-state index is 9.21. The van der Waals surface area contributed by atoms with E-state index in [9.17, 15) is 5.11 Å². The lowest BCUT2D eigenvalue weighted by Gasteiger charge is -2.04. The number of aliphatic hydroxyl groups excluding tert-OH is 1. The van der Waals surface area contributed by atoms with Gasteiger partial charge in [0.1, 0.15) is 6.10 Å². The first-order valence-corrected chi connectivity index (χ1v) is 4.42. The summed E-state index contributed by atoms with van der Waals surface area (Å²) in [4.78, 5) is 3.97. The molecular weight excluding hydrogens is 229 g/mol. The predicted molar refractivity (Wildman–Crippen MR) is 47.6 cm³/mol. The van der Waals surface area contributed by atoms with Crippen LogP contribution in [0.1, 0.15) is 11.8 Å². The number of hydrogen-bond acceptors (Lipinski definition) is 2. The summed E-state index contributed by atoms with van der Waals surface area (Å²) in [5.74, 6) is 0.175. The highest BCUT2D eigenvalue weighted by atomic mass is 79.9. The van der Waals surface area contributed by atoms with E-state index >= 15 is 0 Å². The zero-order chi connectivity index (χ0) is 8.27. The highest BCUT2D eigenvalue weighted by Gasteiger charge is 2.05. The van der Waals surface area contributed by atoms with Gasteiger partial charge in [-0.3, -0.25) is 4.98 Å². The van der Waals surface area contributed by atoms with Gasteiger partial charge in [-0.25, -0.2) is 0 Å². The van der Waals surface area contributed by atoms with Crippen molar-refractivity contribution in [1.82, 2.24) is 4.98 Å². The second-order valence-corrected chi connectivity index (χ2v) is 3.30. The lowest BCUT2D eigenvalue weighted by molar-refractivity contribution is 0.197. The molecule has 0 aliphatic heterocycles. The van der Waals surface area contributed by atoms with Crippen LogP contribution in [0.25, 0.3) is 0 Å². The van der Waals surface area contributed by atoms with E-state index in [1.807, 2.05) is 6.07 Å². The standard InChI is InChI=1S/C7H7BrClNO/c8-5-1-2-6(10-4-5)7(11)3-9/h1-2,4,7,11H,3H2. The Morgan fingerprint density at radius 1 is 1.64 bits per heavy atom. The molecule has 1 N–H and O–H groups in total. The summed E-state index contributed by atoms with van der Waals surface area (Å²) >= 11 is 8.66. The Morgan fingerprint density at radius 2 is 2.36 bits per heavy atom. The SMILES string of the molecule is OC(CCl)c1ccc(Br)cn1. The minimum atomic E-state index is -0.662. The van der Waals surface area contributed by atoms with Gasteiger partial charge >= 0.3 is 0 Å². The molecule has 1 aromatic rings. The number of alkyl halides is 1. The van der Waals surface area contributed by atoms with Gasteiger partial charge in [0.25, 0.3) is 0 Å². The van der Waals surface area contributed by atoms with E-state index in [0.717, 1.165) is 4.47 Å². The van der Waals surface area contributed by atoms with Gasteiger partial charge in [0.2, 0.25) is 0 Å². The number of pyridine rings is 1. The van der Waals surface area contributed by atoms with Crippen molar-refractivity contribution in [2.24, 2.45) is 0 Å². The third kappa shape index (κ3) is 2.43. The summed E-state index contributed by atoms with van der Waals surface area (Å²) in [5.41, 5.74) is 0.600. The summed E-state index contributed by atoms with van der Waals surface area (Å²) in [5, 5.41) is 9.21. The molecule has 1 heterocycles. The van der Waals surface area contributed by atoms with Crippen molar-refractivity contribution >= 4 is 27.5 Å². The number of halogens is 2. The van der Waals surface area contributed by atoms with Crippen LogP contribution in [0, 0.1) is 0 Å². The van der Waals surface area contributed by atoms with E-state index in [2.05, 4.69) is 20.9 Å². The van der Waals surface area contributed by atoms with Crippen molar-refractivity contribution in [1.29, 1.82) is 0 Å². The topological polar surface area (TPSA) is 33.1 Å². The Labute approximate surface area is 78.3 Å².